The van der Waals surface area contributed by atoms with Crippen molar-refractivity contribution >= 4 is 6.29 Å². The summed E-state index contributed by atoms with van der Waals surface area (Å²) in [6.45, 7) is 1.70. The molecule has 0 bridgehead atoms. The van der Waals surface area contributed by atoms with E-state index in [0.29, 0.717) is 6.29 Å². The molecule has 1 unspecified atom stereocenters. The molecule has 0 spiro atoms. The van der Waals surface area contributed by atoms with Crippen LogP contribution in [0.2, 0.25) is 0 Å². The van der Waals surface area contributed by atoms with Crippen LogP contribution < -0.4 is 4.74 Å². The number of benzene rings is 1. The van der Waals surface area contributed by atoms with E-state index in [1.54, 1.807) is 6.92 Å². The number of hydrogen-bond acceptors (Lipinski definition) is 3. The van der Waals surface area contributed by atoms with Gasteiger partial charge < -0.3 is 9.53 Å². The Morgan fingerprint density at radius 1 is 1.26 bits per heavy atom. The first kappa shape index (κ1) is 17.0. The average molecular weight is 323 g/mol. The van der Waals surface area contributed by atoms with Gasteiger partial charge in [0.1, 0.15) is 12.9 Å². The van der Waals surface area contributed by atoms with Crippen molar-refractivity contribution < 1.29 is 22.7 Å². The summed E-state index contributed by atoms with van der Waals surface area (Å²) in [5.74, 6) is -0.599. The Bertz CT molecular complexity index is 657. The van der Waals surface area contributed by atoms with Gasteiger partial charge in [-0.2, -0.15) is 13.2 Å². The van der Waals surface area contributed by atoms with Gasteiger partial charge in [-0.1, -0.05) is 37.3 Å². The van der Waals surface area contributed by atoms with Crippen LogP contribution in [0.15, 0.2) is 42.6 Å². The second-order valence-electron chi connectivity index (χ2n) is 5.27. The maximum absolute atomic E-state index is 13.2. The largest absolute Gasteiger partial charge is 0.473 e. The van der Waals surface area contributed by atoms with Crippen molar-refractivity contribution in [3.05, 3.63) is 59.3 Å². The van der Waals surface area contributed by atoms with Crippen molar-refractivity contribution in [3.8, 4) is 5.88 Å². The number of aldehydes is 1. The van der Waals surface area contributed by atoms with Crippen molar-refractivity contribution in [2.24, 2.45) is 5.92 Å². The summed E-state index contributed by atoms with van der Waals surface area (Å²) in [7, 11) is 0. The SMILES string of the molecule is CC(C=O)Cc1cnc(OCc2ccccc2)cc1C(F)(F)F. The topological polar surface area (TPSA) is 39.2 Å². The summed E-state index contributed by atoms with van der Waals surface area (Å²) in [6, 6.07) is 9.98. The smallest absolute Gasteiger partial charge is 0.416 e. The maximum atomic E-state index is 13.2. The van der Waals surface area contributed by atoms with Gasteiger partial charge in [-0.3, -0.25) is 0 Å². The molecule has 2 rings (SSSR count). The summed E-state index contributed by atoms with van der Waals surface area (Å²) in [5.41, 5.74) is 0.00920. The first-order chi connectivity index (χ1) is 10.9. The second kappa shape index (κ2) is 7.26. The third-order valence-corrected chi connectivity index (χ3v) is 3.27. The number of pyridine rings is 1. The second-order valence-corrected chi connectivity index (χ2v) is 5.27. The van der Waals surface area contributed by atoms with Gasteiger partial charge >= 0.3 is 6.18 Å². The average Bonchev–Trinajstić information content (AvgIpc) is 2.53. The molecule has 0 radical (unpaired) electrons. The van der Waals surface area contributed by atoms with Gasteiger partial charge in [0, 0.05) is 18.2 Å². The lowest BCUT2D eigenvalue weighted by molar-refractivity contribution is -0.138. The number of nitrogens with zero attached hydrogens (tertiary/aromatic N) is 1. The van der Waals surface area contributed by atoms with Gasteiger partial charge in [-0.05, 0) is 17.5 Å². The van der Waals surface area contributed by atoms with Crippen LogP contribution in [0, 0.1) is 5.92 Å². The Labute approximate surface area is 132 Å². The molecule has 0 saturated heterocycles. The Morgan fingerprint density at radius 2 is 1.96 bits per heavy atom. The van der Waals surface area contributed by atoms with E-state index < -0.39 is 17.7 Å². The zero-order chi connectivity index (χ0) is 16.9. The van der Waals surface area contributed by atoms with Gasteiger partial charge in [0.25, 0.3) is 0 Å². The Balaban J connectivity index is 2.20. The van der Waals surface area contributed by atoms with E-state index in [2.05, 4.69) is 4.98 Å². The van der Waals surface area contributed by atoms with Gasteiger partial charge in [0.05, 0.1) is 5.56 Å². The van der Waals surface area contributed by atoms with Gasteiger partial charge in [0.15, 0.2) is 0 Å². The number of carbonyl (C=O) groups is 1. The van der Waals surface area contributed by atoms with Crippen LogP contribution in [0.4, 0.5) is 13.2 Å². The van der Waals surface area contributed by atoms with Crippen molar-refractivity contribution in [3.63, 3.8) is 0 Å². The first-order valence-electron chi connectivity index (χ1n) is 7.08. The summed E-state index contributed by atoms with van der Waals surface area (Å²) in [4.78, 5) is 14.6. The number of alkyl halides is 3. The minimum atomic E-state index is -4.52. The molecule has 0 saturated carbocycles. The normalized spacial score (nSPS) is 12.7. The van der Waals surface area contributed by atoms with Crippen LogP contribution in [0.25, 0.3) is 0 Å². The van der Waals surface area contributed by atoms with Crippen molar-refractivity contribution in [2.45, 2.75) is 26.1 Å². The third kappa shape index (κ3) is 4.81. The van der Waals surface area contributed by atoms with Crippen LogP contribution in [0.3, 0.4) is 0 Å². The molecular weight excluding hydrogens is 307 g/mol. The van der Waals surface area contributed by atoms with Gasteiger partial charge in [-0.15, -0.1) is 0 Å². The molecular formula is C17H16F3NO2. The Kier molecular flexibility index (Phi) is 5.36. The highest BCUT2D eigenvalue weighted by molar-refractivity contribution is 5.54. The molecule has 1 heterocycles. The predicted octanol–water partition coefficient (Wildman–Crippen LogP) is 4.06. The molecule has 2 aromatic rings. The van der Waals surface area contributed by atoms with Crippen LogP contribution >= 0.6 is 0 Å². The number of rotatable bonds is 6. The lowest BCUT2D eigenvalue weighted by atomic mass is 9.99. The predicted molar refractivity (Wildman–Crippen MR) is 78.9 cm³/mol. The number of halogens is 3. The highest BCUT2D eigenvalue weighted by atomic mass is 19.4. The van der Waals surface area contributed by atoms with E-state index in [-0.39, 0.29) is 24.5 Å². The van der Waals surface area contributed by atoms with Crippen molar-refractivity contribution in [1.29, 1.82) is 0 Å². The molecule has 0 N–H and O–H groups in total. The summed E-state index contributed by atoms with van der Waals surface area (Å²) < 4.78 is 44.9. The fraction of sp³-hybridized carbons (Fsp3) is 0.294. The molecule has 23 heavy (non-hydrogen) atoms. The number of aromatic nitrogens is 1. The Morgan fingerprint density at radius 3 is 2.57 bits per heavy atom. The zero-order valence-electron chi connectivity index (χ0n) is 12.5. The summed E-state index contributed by atoms with van der Waals surface area (Å²) in [5, 5.41) is 0. The van der Waals surface area contributed by atoms with Crippen LogP contribution in [-0.4, -0.2) is 11.3 Å². The number of hydrogen-bond donors (Lipinski definition) is 0. The van der Waals surface area contributed by atoms with Crippen molar-refractivity contribution in [2.75, 3.05) is 0 Å². The number of ether oxygens (including phenoxy) is 1. The fourth-order valence-electron chi connectivity index (χ4n) is 2.10. The minimum absolute atomic E-state index is 0.00961. The molecule has 0 aliphatic rings. The summed E-state index contributed by atoms with van der Waals surface area (Å²) >= 11 is 0. The lowest BCUT2D eigenvalue weighted by Crippen LogP contribution is -2.13. The fourth-order valence-corrected chi connectivity index (χ4v) is 2.10. The van der Waals surface area contributed by atoms with Gasteiger partial charge in [-0.25, -0.2) is 4.98 Å². The highest BCUT2D eigenvalue weighted by Crippen LogP contribution is 2.34. The molecule has 0 aliphatic heterocycles. The molecule has 1 aromatic carbocycles. The lowest BCUT2D eigenvalue weighted by Gasteiger charge is -2.15. The maximum Gasteiger partial charge on any atom is 0.416 e. The van der Waals surface area contributed by atoms with Crippen LogP contribution in [0.5, 0.6) is 5.88 Å². The molecule has 1 aromatic heterocycles. The van der Waals surface area contributed by atoms with Crippen molar-refractivity contribution in [1.82, 2.24) is 4.98 Å². The summed E-state index contributed by atoms with van der Waals surface area (Å²) in [6.07, 6.45) is -2.78. The van der Waals surface area contributed by atoms with Crippen LogP contribution in [0.1, 0.15) is 23.6 Å². The van der Waals surface area contributed by atoms with Gasteiger partial charge in [0.2, 0.25) is 5.88 Å². The molecule has 1 atom stereocenters. The van der Waals surface area contributed by atoms with E-state index in [9.17, 15) is 18.0 Å². The molecule has 6 heteroatoms. The quantitative estimate of drug-likeness (QED) is 0.753. The van der Waals surface area contributed by atoms with Crippen LogP contribution in [-0.2, 0) is 24.0 Å². The van der Waals surface area contributed by atoms with E-state index in [1.807, 2.05) is 30.3 Å². The highest BCUT2D eigenvalue weighted by Gasteiger charge is 2.34. The van der Waals surface area contributed by atoms with E-state index in [1.165, 1.54) is 0 Å². The molecule has 0 fully saturated rings. The standard InChI is InChI=1S/C17H16F3NO2/c1-12(10-22)7-14-9-21-16(8-15(14)17(18,19)20)23-11-13-5-3-2-4-6-13/h2-6,8-10,12H,7,11H2,1H3. The van der Waals surface area contributed by atoms with E-state index >= 15 is 0 Å². The van der Waals surface area contributed by atoms with E-state index in [0.717, 1.165) is 17.8 Å². The molecule has 0 amide bonds. The first-order valence-corrected chi connectivity index (χ1v) is 7.08. The minimum Gasteiger partial charge on any atom is -0.473 e. The Hall–Kier alpha value is -2.37. The number of carbonyl (C=O) groups excluding carboxylic acids is 1. The molecule has 3 nitrogen and oxygen atoms in total. The molecule has 122 valence electrons. The third-order valence-electron chi connectivity index (χ3n) is 3.27. The zero-order valence-corrected chi connectivity index (χ0v) is 12.5. The van der Waals surface area contributed by atoms with E-state index in [4.69, 9.17) is 4.74 Å². The monoisotopic (exact) mass is 323 g/mol. The molecule has 0 aliphatic carbocycles.